The molecule has 0 saturated carbocycles. The van der Waals surface area contributed by atoms with Crippen LogP contribution in [0.4, 0.5) is 8.78 Å². The van der Waals surface area contributed by atoms with Gasteiger partial charge in [0.1, 0.15) is 0 Å². The monoisotopic (exact) mass is 199 g/mol. The zero-order chi connectivity index (χ0) is 10.1. The molecule has 74 valence electrons. The fourth-order valence-corrected chi connectivity index (χ4v) is 1.12. The van der Waals surface area contributed by atoms with Crippen LogP contribution in [0.2, 0.25) is 0 Å². The van der Waals surface area contributed by atoms with Crippen LogP contribution in [0.1, 0.15) is 11.8 Å². The van der Waals surface area contributed by atoms with E-state index in [0.29, 0.717) is 5.65 Å². The minimum atomic E-state index is -2.83. The number of hydrogen-bond donors (Lipinski definition) is 1. The van der Waals surface area contributed by atoms with E-state index in [1.54, 1.807) is 12.3 Å². The first-order valence-electron chi connectivity index (χ1n) is 3.95. The van der Waals surface area contributed by atoms with Crippen molar-refractivity contribution < 1.29 is 13.9 Å². The molecule has 6 heteroatoms. The van der Waals surface area contributed by atoms with Gasteiger partial charge in [-0.25, -0.2) is 18.3 Å². The predicted molar refractivity (Wildman–Crippen MR) is 44.0 cm³/mol. The van der Waals surface area contributed by atoms with E-state index in [-0.39, 0.29) is 5.69 Å². The second-order valence-electron chi connectivity index (χ2n) is 2.77. The van der Waals surface area contributed by atoms with E-state index in [4.69, 9.17) is 5.11 Å². The number of aliphatic hydroxyl groups is 1. The van der Waals surface area contributed by atoms with E-state index < -0.39 is 12.5 Å². The number of rotatable bonds is 2. The Hall–Kier alpha value is -1.56. The smallest absolute Gasteiger partial charge is 0.269 e. The molecule has 14 heavy (non-hydrogen) atoms. The van der Waals surface area contributed by atoms with Crippen molar-refractivity contribution in [3.8, 4) is 0 Å². The van der Waals surface area contributed by atoms with Gasteiger partial charge in [-0.2, -0.15) is 5.10 Å². The second-order valence-corrected chi connectivity index (χ2v) is 2.77. The molecule has 0 saturated heterocycles. The summed E-state index contributed by atoms with van der Waals surface area (Å²) in [6.07, 6.45) is -1.59. The highest BCUT2D eigenvalue weighted by atomic mass is 19.3. The molecule has 0 aliphatic heterocycles. The third kappa shape index (κ3) is 1.44. The Morgan fingerprint density at radius 1 is 1.43 bits per heavy atom. The molecule has 2 aromatic rings. The van der Waals surface area contributed by atoms with Crippen LogP contribution in [0.3, 0.4) is 0 Å². The molecule has 2 heterocycles. The summed E-state index contributed by atoms with van der Waals surface area (Å²) in [6, 6.07) is 2.95. The van der Waals surface area contributed by atoms with Crippen molar-refractivity contribution in [2.75, 3.05) is 0 Å². The van der Waals surface area contributed by atoms with Crippen molar-refractivity contribution in [2.24, 2.45) is 0 Å². The zero-order valence-electron chi connectivity index (χ0n) is 7.01. The van der Waals surface area contributed by atoms with Crippen LogP contribution in [0.15, 0.2) is 24.5 Å². The van der Waals surface area contributed by atoms with Crippen LogP contribution in [-0.2, 0) is 0 Å². The van der Waals surface area contributed by atoms with Crippen molar-refractivity contribution >= 4 is 5.65 Å². The topological polar surface area (TPSA) is 50.4 Å². The van der Waals surface area contributed by atoms with E-state index in [0.717, 1.165) is 0 Å². The van der Waals surface area contributed by atoms with Gasteiger partial charge < -0.3 is 5.11 Å². The van der Waals surface area contributed by atoms with Crippen LogP contribution >= 0.6 is 0 Å². The van der Waals surface area contributed by atoms with Crippen molar-refractivity contribution in [1.82, 2.24) is 14.6 Å². The van der Waals surface area contributed by atoms with Crippen LogP contribution in [-0.4, -0.2) is 26.1 Å². The fraction of sp³-hybridized carbons (Fsp3) is 0.250. The molecule has 2 rings (SSSR count). The maximum Gasteiger partial charge on any atom is 0.269 e. The molecular weight excluding hydrogens is 192 g/mol. The average Bonchev–Trinajstić information content (AvgIpc) is 2.59. The Morgan fingerprint density at radius 2 is 2.21 bits per heavy atom. The maximum absolute atomic E-state index is 12.1. The molecule has 1 N–H and O–H groups in total. The van der Waals surface area contributed by atoms with Gasteiger partial charge in [0.15, 0.2) is 11.8 Å². The Morgan fingerprint density at radius 3 is 2.86 bits per heavy atom. The molecule has 0 fully saturated rings. The van der Waals surface area contributed by atoms with Crippen LogP contribution < -0.4 is 0 Å². The minimum absolute atomic E-state index is 0.0706. The molecule has 0 bridgehead atoms. The first-order chi connectivity index (χ1) is 6.68. The predicted octanol–water partition coefficient (Wildman–Crippen LogP) is 1.03. The third-order valence-corrected chi connectivity index (χ3v) is 1.80. The SMILES string of the molecule is OC(c1cc2ncccn2n1)C(F)F. The maximum atomic E-state index is 12.1. The van der Waals surface area contributed by atoms with Crippen LogP contribution in [0.5, 0.6) is 0 Å². The molecule has 0 aromatic carbocycles. The first-order valence-corrected chi connectivity index (χ1v) is 3.95. The molecule has 1 atom stereocenters. The summed E-state index contributed by atoms with van der Waals surface area (Å²) >= 11 is 0. The van der Waals surface area contributed by atoms with E-state index >= 15 is 0 Å². The molecule has 0 aliphatic carbocycles. The van der Waals surface area contributed by atoms with Gasteiger partial charge in [0.2, 0.25) is 0 Å². The van der Waals surface area contributed by atoms with E-state index in [1.165, 1.54) is 16.8 Å². The summed E-state index contributed by atoms with van der Waals surface area (Å²) in [5, 5.41) is 12.8. The lowest BCUT2D eigenvalue weighted by Crippen LogP contribution is -2.08. The lowest BCUT2D eigenvalue weighted by Gasteiger charge is -2.03. The molecule has 0 aliphatic rings. The van der Waals surface area contributed by atoms with Crippen molar-refractivity contribution in [3.63, 3.8) is 0 Å². The highest BCUT2D eigenvalue weighted by Gasteiger charge is 2.22. The minimum Gasteiger partial charge on any atom is -0.381 e. The van der Waals surface area contributed by atoms with Gasteiger partial charge in [0, 0.05) is 18.5 Å². The number of aliphatic hydroxyl groups excluding tert-OH is 1. The molecule has 0 spiro atoms. The Kier molecular flexibility index (Phi) is 2.12. The van der Waals surface area contributed by atoms with E-state index in [9.17, 15) is 8.78 Å². The number of alkyl halides is 2. The molecule has 2 aromatic heterocycles. The summed E-state index contributed by atoms with van der Waals surface area (Å²) in [5.74, 6) is 0. The van der Waals surface area contributed by atoms with Gasteiger partial charge in [0.25, 0.3) is 6.43 Å². The normalized spacial score (nSPS) is 13.7. The summed E-state index contributed by atoms with van der Waals surface area (Å²) in [5.41, 5.74) is 0.362. The van der Waals surface area contributed by atoms with Gasteiger partial charge in [-0.3, -0.25) is 0 Å². The number of aromatic nitrogens is 3. The van der Waals surface area contributed by atoms with Crippen LogP contribution in [0, 0.1) is 0 Å². The van der Waals surface area contributed by atoms with Crippen molar-refractivity contribution in [1.29, 1.82) is 0 Å². The number of halogens is 2. The number of nitrogens with zero attached hydrogens (tertiary/aromatic N) is 3. The van der Waals surface area contributed by atoms with Crippen molar-refractivity contribution in [2.45, 2.75) is 12.5 Å². The summed E-state index contributed by atoms with van der Waals surface area (Å²) in [6.45, 7) is 0. The van der Waals surface area contributed by atoms with Gasteiger partial charge in [-0.15, -0.1) is 0 Å². The summed E-state index contributed by atoms with van der Waals surface area (Å²) < 4.78 is 25.6. The summed E-state index contributed by atoms with van der Waals surface area (Å²) in [7, 11) is 0. The van der Waals surface area contributed by atoms with Crippen LogP contribution in [0.25, 0.3) is 5.65 Å². The highest BCUT2D eigenvalue weighted by molar-refractivity contribution is 5.38. The molecule has 0 radical (unpaired) electrons. The van der Waals surface area contributed by atoms with Crippen molar-refractivity contribution in [3.05, 3.63) is 30.2 Å². The number of fused-ring (bicyclic) bond motifs is 1. The number of hydrogen-bond acceptors (Lipinski definition) is 3. The standard InChI is InChI=1S/C8H7F2N3O/c9-8(10)7(14)5-4-6-11-2-1-3-13(6)12-5/h1-4,7-8,14H. The Balaban J connectivity index is 2.45. The quantitative estimate of drug-likeness (QED) is 0.785. The highest BCUT2D eigenvalue weighted by Crippen LogP contribution is 2.19. The van der Waals surface area contributed by atoms with Gasteiger partial charge >= 0.3 is 0 Å². The largest absolute Gasteiger partial charge is 0.381 e. The summed E-state index contributed by atoms with van der Waals surface area (Å²) in [4.78, 5) is 3.89. The Bertz CT molecular complexity index is 410. The molecule has 4 nitrogen and oxygen atoms in total. The van der Waals surface area contributed by atoms with E-state index in [2.05, 4.69) is 10.1 Å². The zero-order valence-corrected chi connectivity index (χ0v) is 7.01. The van der Waals surface area contributed by atoms with Gasteiger partial charge in [0.05, 0.1) is 5.69 Å². The average molecular weight is 199 g/mol. The van der Waals surface area contributed by atoms with E-state index in [1.807, 2.05) is 0 Å². The first kappa shape index (κ1) is 9.01. The molecule has 0 amide bonds. The molecular formula is C8H7F2N3O. The third-order valence-electron chi connectivity index (χ3n) is 1.80. The second kappa shape index (κ2) is 3.30. The Labute approximate surface area is 77.8 Å². The fourth-order valence-electron chi connectivity index (χ4n) is 1.12. The van der Waals surface area contributed by atoms with Gasteiger partial charge in [-0.05, 0) is 6.07 Å². The lowest BCUT2D eigenvalue weighted by atomic mass is 10.3. The lowest BCUT2D eigenvalue weighted by molar-refractivity contribution is -0.00833. The van der Waals surface area contributed by atoms with Gasteiger partial charge in [-0.1, -0.05) is 0 Å². The molecule has 1 unspecified atom stereocenters.